The number of benzene rings is 1. The van der Waals surface area contributed by atoms with Gasteiger partial charge in [0.2, 0.25) is 0 Å². The Morgan fingerprint density at radius 2 is 1.95 bits per heavy atom. The van der Waals surface area contributed by atoms with E-state index in [-0.39, 0.29) is 17.7 Å². The molecule has 2 aliphatic rings. The number of nitrogens with zero attached hydrogens (tertiary/aromatic N) is 2. The molecule has 1 aromatic carbocycles. The Morgan fingerprint density at radius 3 is 2.60 bits per heavy atom. The lowest BCUT2D eigenvalue weighted by Gasteiger charge is -2.35. The van der Waals surface area contributed by atoms with Crippen molar-refractivity contribution in [1.82, 2.24) is 9.80 Å². The number of phenolic OH excluding ortho intramolecular Hbond substituents is 1. The van der Waals surface area contributed by atoms with E-state index in [1.54, 1.807) is 17.0 Å². The molecule has 1 aromatic rings. The quantitative estimate of drug-likeness (QED) is 0.814. The zero-order valence-corrected chi connectivity index (χ0v) is 11.0. The summed E-state index contributed by atoms with van der Waals surface area (Å²) in [6.45, 7) is 1.48. The Hall–Kier alpha value is -2.24. The summed E-state index contributed by atoms with van der Waals surface area (Å²) >= 11 is 0. The maximum atomic E-state index is 12.3. The fraction of sp³-hybridized carbons (Fsp3) is 0.429. The van der Waals surface area contributed by atoms with Gasteiger partial charge >= 0.3 is 6.09 Å². The van der Waals surface area contributed by atoms with Crippen molar-refractivity contribution >= 4 is 12.0 Å². The summed E-state index contributed by atoms with van der Waals surface area (Å²) in [7, 11) is 0. The van der Waals surface area contributed by atoms with E-state index in [9.17, 15) is 14.7 Å². The summed E-state index contributed by atoms with van der Waals surface area (Å²) < 4.78 is 0. The molecule has 2 N–H and O–H groups in total. The van der Waals surface area contributed by atoms with Gasteiger partial charge in [0.25, 0.3) is 5.91 Å². The Morgan fingerprint density at radius 1 is 1.25 bits per heavy atom. The van der Waals surface area contributed by atoms with Crippen molar-refractivity contribution in [3.63, 3.8) is 0 Å². The number of fused-ring (bicyclic) bond motifs is 1. The van der Waals surface area contributed by atoms with Gasteiger partial charge in [0.05, 0.1) is 0 Å². The van der Waals surface area contributed by atoms with Crippen LogP contribution >= 0.6 is 0 Å². The van der Waals surface area contributed by atoms with E-state index in [1.807, 2.05) is 0 Å². The van der Waals surface area contributed by atoms with Crippen LogP contribution in [0.3, 0.4) is 0 Å². The molecule has 0 radical (unpaired) electrons. The molecule has 20 heavy (non-hydrogen) atoms. The lowest BCUT2D eigenvalue weighted by atomic mass is 10.0. The standard InChI is InChI=1S/C14H16N2O4/c17-11-2-1-9-8-16(13(18)12(9)7-11)10-3-5-15(6-4-10)14(19)20/h1-2,7,10,17H,3-6,8H2,(H,19,20). The van der Waals surface area contributed by atoms with Crippen LogP contribution in [0.4, 0.5) is 4.79 Å². The molecule has 2 amide bonds. The van der Waals surface area contributed by atoms with Gasteiger partial charge in [0.1, 0.15) is 5.75 Å². The molecule has 0 saturated carbocycles. The van der Waals surface area contributed by atoms with Crippen LogP contribution in [0.1, 0.15) is 28.8 Å². The number of likely N-dealkylation sites (tertiary alicyclic amines) is 1. The normalized spacial score (nSPS) is 19.3. The molecule has 1 saturated heterocycles. The first-order valence-corrected chi connectivity index (χ1v) is 6.67. The molecule has 0 atom stereocenters. The number of carboxylic acid groups (broad SMARTS) is 1. The molecule has 0 aliphatic carbocycles. The third-order valence-corrected chi connectivity index (χ3v) is 4.10. The molecule has 0 aromatic heterocycles. The van der Waals surface area contributed by atoms with Crippen molar-refractivity contribution < 1.29 is 19.8 Å². The number of piperidine rings is 1. The van der Waals surface area contributed by atoms with Crippen LogP contribution in [-0.4, -0.2) is 51.1 Å². The average molecular weight is 276 g/mol. The van der Waals surface area contributed by atoms with E-state index in [1.165, 1.54) is 11.0 Å². The second kappa shape index (κ2) is 4.70. The van der Waals surface area contributed by atoms with Crippen molar-refractivity contribution in [3.05, 3.63) is 29.3 Å². The lowest BCUT2D eigenvalue weighted by Crippen LogP contribution is -2.46. The van der Waals surface area contributed by atoms with Gasteiger partial charge in [0.15, 0.2) is 0 Å². The summed E-state index contributed by atoms with van der Waals surface area (Å²) in [5.41, 5.74) is 1.49. The number of hydrogen-bond donors (Lipinski definition) is 2. The first-order chi connectivity index (χ1) is 9.56. The van der Waals surface area contributed by atoms with E-state index < -0.39 is 6.09 Å². The molecule has 2 heterocycles. The molecule has 1 fully saturated rings. The van der Waals surface area contributed by atoms with Crippen LogP contribution in [0.15, 0.2) is 18.2 Å². The van der Waals surface area contributed by atoms with Gasteiger partial charge in [-0.15, -0.1) is 0 Å². The van der Waals surface area contributed by atoms with Crippen molar-refractivity contribution in [2.75, 3.05) is 13.1 Å². The summed E-state index contributed by atoms with van der Waals surface area (Å²) in [6.07, 6.45) is 0.431. The molecule has 0 spiro atoms. The highest BCUT2D eigenvalue weighted by Gasteiger charge is 2.35. The van der Waals surface area contributed by atoms with Crippen LogP contribution in [0.25, 0.3) is 0 Å². The highest BCUT2D eigenvalue weighted by Crippen LogP contribution is 2.30. The molecular weight excluding hydrogens is 260 g/mol. The molecule has 6 heteroatoms. The van der Waals surface area contributed by atoms with Gasteiger partial charge in [-0.3, -0.25) is 4.79 Å². The van der Waals surface area contributed by atoms with Crippen molar-refractivity contribution in [2.24, 2.45) is 0 Å². The molecule has 106 valence electrons. The number of aromatic hydroxyl groups is 1. The molecule has 0 unspecified atom stereocenters. The van der Waals surface area contributed by atoms with Gasteiger partial charge in [0, 0.05) is 31.2 Å². The average Bonchev–Trinajstić information content (AvgIpc) is 2.76. The van der Waals surface area contributed by atoms with E-state index in [2.05, 4.69) is 0 Å². The highest BCUT2D eigenvalue weighted by atomic mass is 16.4. The number of amides is 2. The van der Waals surface area contributed by atoms with Crippen molar-refractivity contribution in [3.8, 4) is 5.75 Å². The third-order valence-electron chi connectivity index (χ3n) is 4.10. The van der Waals surface area contributed by atoms with Crippen LogP contribution in [0.2, 0.25) is 0 Å². The zero-order valence-electron chi connectivity index (χ0n) is 11.0. The Labute approximate surface area is 116 Å². The smallest absolute Gasteiger partial charge is 0.407 e. The van der Waals surface area contributed by atoms with Gasteiger partial charge in [-0.05, 0) is 30.5 Å². The number of carbonyl (C=O) groups excluding carboxylic acids is 1. The minimum Gasteiger partial charge on any atom is -0.508 e. The topological polar surface area (TPSA) is 81.1 Å². The van der Waals surface area contributed by atoms with Gasteiger partial charge in [-0.25, -0.2) is 4.79 Å². The van der Waals surface area contributed by atoms with E-state index >= 15 is 0 Å². The van der Waals surface area contributed by atoms with Crippen LogP contribution in [-0.2, 0) is 6.54 Å². The summed E-state index contributed by atoms with van der Waals surface area (Å²) in [4.78, 5) is 26.4. The molecule has 2 aliphatic heterocycles. The van der Waals surface area contributed by atoms with E-state index in [0.717, 1.165) is 5.56 Å². The maximum Gasteiger partial charge on any atom is 0.407 e. The highest BCUT2D eigenvalue weighted by molar-refractivity contribution is 5.98. The predicted octanol–water partition coefficient (Wildman–Crippen LogP) is 1.49. The first kappa shape index (κ1) is 12.8. The molecule has 6 nitrogen and oxygen atoms in total. The van der Waals surface area contributed by atoms with E-state index in [0.29, 0.717) is 38.0 Å². The van der Waals surface area contributed by atoms with Gasteiger partial charge < -0.3 is 20.0 Å². The van der Waals surface area contributed by atoms with Crippen LogP contribution in [0, 0.1) is 0 Å². The van der Waals surface area contributed by atoms with Crippen LogP contribution < -0.4 is 0 Å². The summed E-state index contributed by atoms with van der Waals surface area (Å²) in [5.74, 6) is 0.0318. The Kier molecular flexibility index (Phi) is 3.00. The van der Waals surface area contributed by atoms with Crippen molar-refractivity contribution in [1.29, 1.82) is 0 Å². The van der Waals surface area contributed by atoms with Gasteiger partial charge in [-0.2, -0.15) is 0 Å². The zero-order chi connectivity index (χ0) is 14.3. The predicted molar refractivity (Wildman–Crippen MR) is 70.6 cm³/mol. The number of rotatable bonds is 1. The monoisotopic (exact) mass is 276 g/mol. The van der Waals surface area contributed by atoms with Crippen LogP contribution in [0.5, 0.6) is 5.75 Å². The second-order valence-electron chi connectivity index (χ2n) is 5.28. The van der Waals surface area contributed by atoms with Gasteiger partial charge in [-0.1, -0.05) is 6.07 Å². The number of phenols is 1. The fourth-order valence-corrected chi connectivity index (χ4v) is 2.98. The maximum absolute atomic E-state index is 12.3. The minimum absolute atomic E-state index is 0.0651. The molecule has 3 rings (SSSR count). The summed E-state index contributed by atoms with van der Waals surface area (Å²) in [6, 6.07) is 4.94. The molecule has 0 bridgehead atoms. The summed E-state index contributed by atoms with van der Waals surface area (Å²) in [5, 5.41) is 18.4. The third kappa shape index (κ3) is 2.07. The number of hydrogen-bond acceptors (Lipinski definition) is 3. The Bertz CT molecular complexity index is 564. The lowest BCUT2D eigenvalue weighted by molar-refractivity contribution is 0.0597. The minimum atomic E-state index is -0.899. The fourth-order valence-electron chi connectivity index (χ4n) is 2.98. The number of carbonyl (C=O) groups is 2. The van der Waals surface area contributed by atoms with E-state index in [4.69, 9.17) is 5.11 Å². The Balaban J connectivity index is 1.72. The largest absolute Gasteiger partial charge is 0.508 e. The molecular formula is C14H16N2O4. The first-order valence-electron chi connectivity index (χ1n) is 6.67. The second-order valence-corrected chi connectivity index (χ2v) is 5.28. The SMILES string of the molecule is O=C(O)N1CCC(N2Cc3ccc(O)cc3C2=O)CC1. The van der Waals surface area contributed by atoms with Crippen molar-refractivity contribution in [2.45, 2.75) is 25.4 Å².